The minimum Gasteiger partial charge on any atom is -0.490 e. The minimum atomic E-state index is 0.284. The fourth-order valence-electron chi connectivity index (χ4n) is 3.03. The van der Waals surface area contributed by atoms with E-state index in [0.717, 1.165) is 62.0 Å². The molecule has 2 aliphatic rings. The molecule has 0 radical (unpaired) electrons. The molecule has 27 heavy (non-hydrogen) atoms. The summed E-state index contributed by atoms with van der Waals surface area (Å²) in [4.78, 5) is 4.62. The van der Waals surface area contributed by atoms with Crippen LogP contribution in [0.3, 0.4) is 0 Å². The maximum Gasteiger partial charge on any atom is 0.195 e. The van der Waals surface area contributed by atoms with Gasteiger partial charge in [-0.25, -0.2) is 0 Å². The van der Waals surface area contributed by atoms with Gasteiger partial charge in [0, 0.05) is 44.5 Å². The second-order valence-electron chi connectivity index (χ2n) is 6.66. The summed E-state index contributed by atoms with van der Waals surface area (Å²) < 4.78 is 22.7. The lowest BCUT2D eigenvalue weighted by Crippen LogP contribution is -2.30. The first-order valence-corrected chi connectivity index (χ1v) is 9.99. The van der Waals surface area contributed by atoms with Gasteiger partial charge in [-0.3, -0.25) is 4.99 Å². The number of benzene rings is 1. The first-order valence-electron chi connectivity index (χ1n) is 9.99. The van der Waals surface area contributed by atoms with Gasteiger partial charge in [0.2, 0.25) is 0 Å². The minimum absolute atomic E-state index is 0.284. The second-order valence-corrected chi connectivity index (χ2v) is 6.66. The van der Waals surface area contributed by atoms with Crippen LogP contribution < -0.4 is 20.1 Å². The zero-order valence-electron chi connectivity index (χ0n) is 16.2. The molecule has 1 fully saturated rings. The summed E-state index contributed by atoms with van der Waals surface area (Å²) in [6.07, 6.45) is 4.32. The Morgan fingerprint density at radius 2 is 2.07 bits per heavy atom. The highest BCUT2D eigenvalue weighted by Crippen LogP contribution is 2.32. The quantitative estimate of drug-likeness (QED) is 0.412. The van der Waals surface area contributed by atoms with Crippen molar-refractivity contribution in [2.24, 2.45) is 4.99 Å². The van der Waals surface area contributed by atoms with E-state index in [1.165, 1.54) is 0 Å². The van der Waals surface area contributed by atoms with Gasteiger partial charge in [0.25, 0.3) is 0 Å². The van der Waals surface area contributed by atoms with Crippen molar-refractivity contribution in [3.8, 4) is 11.5 Å². The SMILES string of the molecule is CCNC(=NCCCOCC1CCCO1)Nc1ccc2c(c1)OCCCO2. The van der Waals surface area contributed by atoms with Gasteiger partial charge in [-0.1, -0.05) is 0 Å². The summed E-state index contributed by atoms with van der Waals surface area (Å²) in [5.41, 5.74) is 0.925. The summed E-state index contributed by atoms with van der Waals surface area (Å²) in [5, 5.41) is 6.59. The van der Waals surface area contributed by atoms with Crippen LogP contribution in [-0.2, 0) is 9.47 Å². The van der Waals surface area contributed by atoms with E-state index in [1.54, 1.807) is 0 Å². The lowest BCUT2D eigenvalue weighted by atomic mass is 10.2. The molecule has 7 nitrogen and oxygen atoms in total. The van der Waals surface area contributed by atoms with Crippen LogP contribution in [-0.4, -0.2) is 58.2 Å². The van der Waals surface area contributed by atoms with Crippen LogP contribution in [0.5, 0.6) is 11.5 Å². The number of nitrogens with zero attached hydrogens (tertiary/aromatic N) is 1. The first-order chi connectivity index (χ1) is 13.3. The van der Waals surface area contributed by atoms with Crippen molar-refractivity contribution in [2.45, 2.75) is 38.7 Å². The Labute approximate surface area is 161 Å². The molecule has 3 rings (SSSR count). The molecule has 2 N–H and O–H groups in total. The number of fused-ring (bicyclic) bond motifs is 1. The van der Waals surface area contributed by atoms with E-state index >= 15 is 0 Å². The molecule has 7 heteroatoms. The average molecular weight is 377 g/mol. The highest BCUT2D eigenvalue weighted by atomic mass is 16.5. The Hall–Kier alpha value is -1.99. The molecule has 1 aromatic carbocycles. The smallest absolute Gasteiger partial charge is 0.195 e. The Morgan fingerprint density at radius 3 is 2.89 bits per heavy atom. The van der Waals surface area contributed by atoms with Gasteiger partial charge in [-0.2, -0.15) is 0 Å². The van der Waals surface area contributed by atoms with Gasteiger partial charge in [0.05, 0.1) is 25.9 Å². The van der Waals surface area contributed by atoms with E-state index in [1.807, 2.05) is 18.2 Å². The molecule has 0 bridgehead atoms. The summed E-state index contributed by atoms with van der Waals surface area (Å²) in [7, 11) is 0. The summed E-state index contributed by atoms with van der Waals surface area (Å²) in [6, 6.07) is 5.87. The zero-order valence-corrected chi connectivity index (χ0v) is 16.2. The van der Waals surface area contributed by atoms with Crippen molar-refractivity contribution in [3.63, 3.8) is 0 Å². The van der Waals surface area contributed by atoms with Crippen LogP contribution >= 0.6 is 0 Å². The predicted molar refractivity (Wildman–Crippen MR) is 106 cm³/mol. The molecule has 0 spiro atoms. The van der Waals surface area contributed by atoms with Gasteiger partial charge in [0.15, 0.2) is 17.5 Å². The summed E-state index contributed by atoms with van der Waals surface area (Å²) >= 11 is 0. The lowest BCUT2D eigenvalue weighted by molar-refractivity contribution is 0.0171. The lowest BCUT2D eigenvalue weighted by Gasteiger charge is -2.14. The van der Waals surface area contributed by atoms with Crippen molar-refractivity contribution in [2.75, 3.05) is 51.4 Å². The normalized spacial score (nSPS) is 19.6. The third-order valence-corrected chi connectivity index (χ3v) is 4.40. The molecular formula is C20H31N3O4. The Morgan fingerprint density at radius 1 is 1.19 bits per heavy atom. The van der Waals surface area contributed by atoms with E-state index in [0.29, 0.717) is 33.0 Å². The zero-order chi connectivity index (χ0) is 18.7. The average Bonchev–Trinajstić information content (AvgIpc) is 3.08. The van der Waals surface area contributed by atoms with Crippen molar-refractivity contribution in [1.82, 2.24) is 5.32 Å². The summed E-state index contributed by atoms with van der Waals surface area (Å²) in [5.74, 6) is 2.32. The van der Waals surface area contributed by atoms with Gasteiger partial charge in [0.1, 0.15) is 0 Å². The maximum absolute atomic E-state index is 5.75. The molecule has 0 aromatic heterocycles. The number of rotatable bonds is 8. The third kappa shape index (κ3) is 6.59. The van der Waals surface area contributed by atoms with Crippen LogP contribution in [0.1, 0.15) is 32.6 Å². The number of hydrogen-bond donors (Lipinski definition) is 2. The highest BCUT2D eigenvalue weighted by molar-refractivity contribution is 5.93. The highest BCUT2D eigenvalue weighted by Gasteiger charge is 2.15. The van der Waals surface area contributed by atoms with Gasteiger partial charge >= 0.3 is 0 Å². The van der Waals surface area contributed by atoms with E-state index < -0.39 is 0 Å². The Balaban J connectivity index is 1.44. The Kier molecular flexibility index (Phi) is 8.04. The molecule has 0 aliphatic carbocycles. The monoisotopic (exact) mass is 377 g/mol. The van der Waals surface area contributed by atoms with Crippen molar-refractivity contribution < 1.29 is 18.9 Å². The largest absolute Gasteiger partial charge is 0.490 e. The van der Waals surface area contributed by atoms with Crippen LogP contribution in [0, 0.1) is 0 Å². The van der Waals surface area contributed by atoms with Crippen LogP contribution in [0.25, 0.3) is 0 Å². The molecule has 1 aromatic rings. The number of guanidine groups is 1. The number of aliphatic imine (C=N–C) groups is 1. The van der Waals surface area contributed by atoms with Crippen LogP contribution in [0.4, 0.5) is 5.69 Å². The van der Waals surface area contributed by atoms with E-state index in [-0.39, 0.29) is 6.10 Å². The topological polar surface area (TPSA) is 73.3 Å². The van der Waals surface area contributed by atoms with Gasteiger partial charge in [-0.05, 0) is 38.3 Å². The molecule has 0 saturated carbocycles. The van der Waals surface area contributed by atoms with Crippen molar-refractivity contribution >= 4 is 11.6 Å². The molecule has 1 atom stereocenters. The van der Waals surface area contributed by atoms with Crippen LogP contribution in [0.2, 0.25) is 0 Å². The van der Waals surface area contributed by atoms with Gasteiger partial charge in [-0.15, -0.1) is 0 Å². The number of hydrogen-bond acceptors (Lipinski definition) is 5. The third-order valence-electron chi connectivity index (χ3n) is 4.40. The molecule has 150 valence electrons. The molecule has 1 unspecified atom stereocenters. The molecule has 0 amide bonds. The molecule has 2 aliphatic heterocycles. The second kappa shape index (κ2) is 11.0. The van der Waals surface area contributed by atoms with Crippen molar-refractivity contribution in [3.05, 3.63) is 18.2 Å². The fraction of sp³-hybridized carbons (Fsp3) is 0.650. The molecular weight excluding hydrogens is 346 g/mol. The predicted octanol–water partition coefficient (Wildman–Crippen LogP) is 2.81. The van der Waals surface area contributed by atoms with E-state index in [4.69, 9.17) is 18.9 Å². The number of ether oxygens (including phenoxy) is 4. The number of nitrogens with one attached hydrogen (secondary N) is 2. The number of anilines is 1. The fourth-order valence-corrected chi connectivity index (χ4v) is 3.03. The molecule has 2 heterocycles. The first kappa shape index (κ1) is 19.8. The van der Waals surface area contributed by atoms with Gasteiger partial charge < -0.3 is 29.6 Å². The summed E-state index contributed by atoms with van der Waals surface area (Å²) in [6.45, 7) is 7.18. The van der Waals surface area contributed by atoms with Crippen LogP contribution in [0.15, 0.2) is 23.2 Å². The molecule has 1 saturated heterocycles. The Bertz CT molecular complexity index is 603. The maximum atomic E-state index is 5.75. The van der Waals surface area contributed by atoms with E-state index in [2.05, 4.69) is 22.5 Å². The standard InChI is InChI=1S/C20H31N3O4/c1-2-21-20(22-9-4-10-24-15-17-6-3-11-25-17)23-16-7-8-18-19(14-16)27-13-5-12-26-18/h7-8,14,17H,2-6,9-13,15H2,1H3,(H2,21,22,23). The van der Waals surface area contributed by atoms with Crippen molar-refractivity contribution in [1.29, 1.82) is 0 Å². The van der Waals surface area contributed by atoms with E-state index in [9.17, 15) is 0 Å².